The van der Waals surface area contributed by atoms with Gasteiger partial charge in [0.1, 0.15) is 11.7 Å². The molecule has 11 heteroatoms. The summed E-state index contributed by atoms with van der Waals surface area (Å²) in [5.74, 6) is -1.41. The van der Waals surface area contributed by atoms with Gasteiger partial charge in [0.25, 0.3) is 11.4 Å². The van der Waals surface area contributed by atoms with Crippen molar-refractivity contribution >= 4 is 5.97 Å². The molecule has 0 spiro atoms. The van der Waals surface area contributed by atoms with Crippen LogP contribution in [0, 0.1) is 22.2 Å². The maximum absolute atomic E-state index is 12.5. The molecule has 0 saturated carbocycles. The summed E-state index contributed by atoms with van der Waals surface area (Å²) in [7, 11) is 1.21. The first-order chi connectivity index (χ1) is 14.3. The van der Waals surface area contributed by atoms with Gasteiger partial charge in [-0.2, -0.15) is 0 Å². The van der Waals surface area contributed by atoms with E-state index in [9.17, 15) is 20.1 Å². The van der Waals surface area contributed by atoms with Crippen molar-refractivity contribution in [3.63, 3.8) is 0 Å². The molecule has 30 heavy (non-hydrogen) atoms. The minimum Gasteiger partial charge on any atom is -0.484 e. The molecule has 1 aliphatic rings. The Morgan fingerprint density at radius 2 is 2.00 bits per heavy atom. The first-order valence-corrected chi connectivity index (χ1v) is 8.94. The SMILES string of the molecule is COC(=O)C1=C(C)NC(C)=C([N+](=O)[O-])C1c1ccccc1OCc1no[n+]([O-])c1C. The van der Waals surface area contributed by atoms with Crippen LogP contribution in [0.3, 0.4) is 0 Å². The molecule has 0 radical (unpaired) electrons. The van der Waals surface area contributed by atoms with E-state index < -0.39 is 16.8 Å². The fourth-order valence-electron chi connectivity index (χ4n) is 3.35. The predicted molar refractivity (Wildman–Crippen MR) is 101 cm³/mol. The average molecular weight is 416 g/mol. The van der Waals surface area contributed by atoms with Crippen LogP contribution in [0.4, 0.5) is 0 Å². The molecule has 158 valence electrons. The van der Waals surface area contributed by atoms with Gasteiger partial charge in [-0.05, 0) is 24.8 Å². The maximum Gasteiger partial charge on any atom is 0.336 e. The lowest BCUT2D eigenvalue weighted by Gasteiger charge is -2.27. The molecule has 1 aliphatic heterocycles. The summed E-state index contributed by atoms with van der Waals surface area (Å²) in [4.78, 5) is 24.1. The van der Waals surface area contributed by atoms with Gasteiger partial charge < -0.3 is 20.0 Å². The number of hydrogen-bond acceptors (Lipinski definition) is 9. The zero-order chi connectivity index (χ0) is 22.0. The van der Waals surface area contributed by atoms with Crippen LogP contribution in [0.5, 0.6) is 5.75 Å². The lowest BCUT2D eigenvalue weighted by molar-refractivity contribution is -0.806. The number of allylic oxidation sites excluding steroid dienone is 3. The normalized spacial score (nSPS) is 16.3. The fraction of sp³-hybridized carbons (Fsp3) is 0.316. The van der Waals surface area contributed by atoms with Crippen LogP contribution in [0.1, 0.15) is 36.7 Å². The van der Waals surface area contributed by atoms with Crippen molar-refractivity contribution in [3.8, 4) is 5.75 Å². The molecule has 1 aromatic carbocycles. The molecule has 2 heterocycles. The summed E-state index contributed by atoms with van der Waals surface area (Å²) in [6.07, 6.45) is 0. The molecule has 1 N–H and O–H groups in total. The number of para-hydroxylation sites is 1. The second kappa shape index (κ2) is 8.23. The maximum atomic E-state index is 12.5. The van der Waals surface area contributed by atoms with Crippen molar-refractivity contribution in [2.24, 2.45) is 0 Å². The number of esters is 1. The molecule has 0 bridgehead atoms. The number of dihydropyridines is 1. The van der Waals surface area contributed by atoms with E-state index in [4.69, 9.17) is 9.47 Å². The lowest BCUT2D eigenvalue weighted by Crippen LogP contribution is -2.31. The first-order valence-electron chi connectivity index (χ1n) is 8.94. The first kappa shape index (κ1) is 20.8. The number of ether oxygens (including phenoxy) is 2. The molecular formula is C19H20N4O7. The van der Waals surface area contributed by atoms with Crippen LogP contribution >= 0.6 is 0 Å². The van der Waals surface area contributed by atoms with Crippen LogP contribution in [-0.4, -0.2) is 23.2 Å². The van der Waals surface area contributed by atoms with E-state index in [2.05, 4.69) is 15.1 Å². The van der Waals surface area contributed by atoms with Crippen molar-refractivity contribution in [3.05, 3.63) is 79.2 Å². The fourth-order valence-corrected chi connectivity index (χ4v) is 3.35. The number of benzene rings is 1. The third-order valence-electron chi connectivity index (χ3n) is 4.84. The zero-order valence-corrected chi connectivity index (χ0v) is 16.8. The molecule has 11 nitrogen and oxygen atoms in total. The monoisotopic (exact) mass is 416 g/mol. The standard InChI is InChI=1S/C19H20N4O7/c1-10-16(19(24)28-4)17(18(22(25)26)11(2)20-10)13-7-5-6-8-15(13)29-9-14-12(3)23(27)30-21-14/h5-8,17,20H,9H2,1-4H3. The summed E-state index contributed by atoms with van der Waals surface area (Å²) in [6.45, 7) is 4.64. The molecule has 0 saturated heterocycles. The molecule has 0 aliphatic carbocycles. The van der Waals surface area contributed by atoms with Crippen LogP contribution in [0.25, 0.3) is 0 Å². The van der Waals surface area contributed by atoms with E-state index in [0.29, 0.717) is 22.7 Å². The van der Waals surface area contributed by atoms with E-state index in [1.807, 2.05) is 0 Å². The van der Waals surface area contributed by atoms with E-state index >= 15 is 0 Å². The van der Waals surface area contributed by atoms with Gasteiger partial charge in [-0.1, -0.05) is 18.2 Å². The molecule has 3 rings (SSSR count). The highest BCUT2D eigenvalue weighted by molar-refractivity contribution is 5.92. The van der Waals surface area contributed by atoms with Crippen molar-refractivity contribution in [2.45, 2.75) is 33.3 Å². The number of aromatic nitrogens is 2. The van der Waals surface area contributed by atoms with Gasteiger partial charge in [-0.15, -0.1) is 0 Å². The summed E-state index contributed by atoms with van der Waals surface area (Å²) in [5, 5.41) is 29.8. The van der Waals surface area contributed by atoms with Crippen LogP contribution in [0.2, 0.25) is 0 Å². The number of nitrogens with one attached hydrogen (secondary N) is 1. The number of rotatable bonds is 6. The highest BCUT2D eigenvalue weighted by Gasteiger charge is 2.42. The van der Waals surface area contributed by atoms with E-state index in [0.717, 1.165) is 0 Å². The Balaban J connectivity index is 2.08. The summed E-state index contributed by atoms with van der Waals surface area (Å²) in [5.41, 5.74) is 1.61. The van der Waals surface area contributed by atoms with E-state index in [1.54, 1.807) is 38.1 Å². The number of hydrogen-bond donors (Lipinski definition) is 1. The van der Waals surface area contributed by atoms with Gasteiger partial charge in [0.05, 0.1) is 23.3 Å². The van der Waals surface area contributed by atoms with Crippen LogP contribution < -0.4 is 15.0 Å². The highest BCUT2D eigenvalue weighted by atomic mass is 16.8. The quantitative estimate of drug-likeness (QED) is 0.323. The second-order valence-electron chi connectivity index (χ2n) is 6.64. The van der Waals surface area contributed by atoms with Crippen LogP contribution in [-0.2, 0) is 16.1 Å². The predicted octanol–water partition coefficient (Wildman–Crippen LogP) is 1.84. The van der Waals surface area contributed by atoms with Gasteiger partial charge in [0, 0.05) is 23.3 Å². The number of carbonyl (C=O) groups is 1. The second-order valence-corrected chi connectivity index (χ2v) is 6.64. The topological polar surface area (TPSA) is 144 Å². The van der Waals surface area contributed by atoms with Gasteiger partial charge in [-0.25, -0.2) is 4.79 Å². The Labute approximate surface area is 171 Å². The lowest BCUT2D eigenvalue weighted by atomic mass is 9.83. The van der Waals surface area contributed by atoms with Crippen molar-refractivity contribution < 1.29 is 28.7 Å². The van der Waals surface area contributed by atoms with Gasteiger partial charge >= 0.3 is 5.97 Å². The Bertz CT molecular complexity index is 1070. The van der Waals surface area contributed by atoms with Crippen LogP contribution in [0.15, 0.2) is 51.6 Å². The van der Waals surface area contributed by atoms with Gasteiger partial charge in [0.2, 0.25) is 0 Å². The largest absolute Gasteiger partial charge is 0.484 e. The van der Waals surface area contributed by atoms with Gasteiger partial charge in [0.15, 0.2) is 12.3 Å². The molecule has 1 aromatic heterocycles. The average Bonchev–Trinajstić information content (AvgIpc) is 3.03. The van der Waals surface area contributed by atoms with Gasteiger partial charge in [-0.3, -0.25) is 14.7 Å². The molecule has 0 amide bonds. The molecule has 1 atom stereocenters. The molecule has 1 unspecified atom stereocenters. The molecule has 2 aromatic rings. The zero-order valence-electron chi connectivity index (χ0n) is 16.8. The molecule has 0 fully saturated rings. The Morgan fingerprint density at radius 3 is 2.60 bits per heavy atom. The van der Waals surface area contributed by atoms with Crippen molar-refractivity contribution in [2.75, 3.05) is 7.11 Å². The number of carbonyl (C=O) groups excluding carboxylic acids is 1. The summed E-state index contributed by atoms with van der Waals surface area (Å²) >= 11 is 0. The number of nitro groups is 1. The molecular weight excluding hydrogens is 396 g/mol. The summed E-state index contributed by atoms with van der Waals surface area (Å²) in [6, 6.07) is 6.64. The minimum absolute atomic E-state index is 0.0979. The smallest absolute Gasteiger partial charge is 0.336 e. The number of methoxy groups -OCH3 is 1. The Kier molecular flexibility index (Phi) is 5.72. The highest BCUT2D eigenvalue weighted by Crippen LogP contribution is 2.42. The van der Waals surface area contributed by atoms with Crippen molar-refractivity contribution in [1.29, 1.82) is 0 Å². The third-order valence-corrected chi connectivity index (χ3v) is 4.84. The summed E-state index contributed by atoms with van der Waals surface area (Å²) < 4.78 is 15.2. The van der Waals surface area contributed by atoms with E-state index in [-0.39, 0.29) is 34.2 Å². The minimum atomic E-state index is -1.02. The van der Waals surface area contributed by atoms with Crippen molar-refractivity contribution in [1.82, 2.24) is 10.5 Å². The third kappa shape index (κ3) is 3.69. The Morgan fingerprint density at radius 1 is 1.30 bits per heavy atom. The van der Waals surface area contributed by atoms with E-state index in [1.165, 1.54) is 14.0 Å². The Hall–Kier alpha value is -3.89. The number of nitrogens with zero attached hydrogens (tertiary/aromatic N) is 3.